The SMILES string of the molecule is CN(C(=O)c1cc2cc(F)ccc2n1C)[C@@H]1CC[C@@H](C(N)=O)[C@@H]1O. The molecule has 0 saturated heterocycles. The van der Waals surface area contributed by atoms with Crippen LogP contribution in [0.15, 0.2) is 24.3 Å². The number of halogens is 1. The van der Waals surface area contributed by atoms with Gasteiger partial charge in [-0.3, -0.25) is 9.59 Å². The molecule has 3 atom stereocenters. The van der Waals surface area contributed by atoms with Gasteiger partial charge in [-0.15, -0.1) is 0 Å². The highest BCUT2D eigenvalue weighted by Crippen LogP contribution is 2.30. The van der Waals surface area contributed by atoms with Crippen LogP contribution in [-0.4, -0.2) is 45.6 Å². The topological polar surface area (TPSA) is 88.6 Å². The first kappa shape index (κ1) is 16.4. The molecule has 2 amide bonds. The summed E-state index contributed by atoms with van der Waals surface area (Å²) in [7, 11) is 3.33. The van der Waals surface area contributed by atoms with Crippen molar-refractivity contribution in [2.24, 2.45) is 18.7 Å². The summed E-state index contributed by atoms with van der Waals surface area (Å²) >= 11 is 0. The molecule has 0 bridgehead atoms. The van der Waals surface area contributed by atoms with Crippen molar-refractivity contribution in [2.75, 3.05) is 7.05 Å². The van der Waals surface area contributed by atoms with Crippen molar-refractivity contribution in [1.82, 2.24) is 9.47 Å². The lowest BCUT2D eigenvalue weighted by atomic mass is 10.0. The number of nitrogens with two attached hydrogens (primary N) is 1. The predicted molar refractivity (Wildman–Crippen MR) is 86.7 cm³/mol. The Balaban J connectivity index is 1.89. The number of nitrogens with zero attached hydrogens (tertiary/aromatic N) is 2. The minimum atomic E-state index is -0.969. The van der Waals surface area contributed by atoms with Crippen molar-refractivity contribution in [1.29, 1.82) is 0 Å². The van der Waals surface area contributed by atoms with E-state index in [4.69, 9.17) is 5.73 Å². The number of rotatable bonds is 3. The van der Waals surface area contributed by atoms with Gasteiger partial charge in [-0.1, -0.05) is 0 Å². The van der Waals surface area contributed by atoms with Gasteiger partial charge in [0.05, 0.1) is 18.1 Å². The van der Waals surface area contributed by atoms with Crippen LogP contribution in [0.2, 0.25) is 0 Å². The number of hydrogen-bond acceptors (Lipinski definition) is 3. The monoisotopic (exact) mass is 333 g/mol. The van der Waals surface area contributed by atoms with Crippen molar-refractivity contribution in [3.63, 3.8) is 0 Å². The van der Waals surface area contributed by atoms with E-state index in [1.165, 1.54) is 17.0 Å². The molecule has 0 spiro atoms. The average molecular weight is 333 g/mol. The second kappa shape index (κ2) is 5.90. The summed E-state index contributed by atoms with van der Waals surface area (Å²) in [5, 5.41) is 10.9. The molecule has 128 valence electrons. The highest BCUT2D eigenvalue weighted by Gasteiger charge is 2.41. The number of aliphatic hydroxyl groups excluding tert-OH is 1. The van der Waals surface area contributed by atoms with Crippen molar-refractivity contribution < 1.29 is 19.1 Å². The number of carbonyl (C=O) groups is 2. The molecule has 24 heavy (non-hydrogen) atoms. The Morgan fingerprint density at radius 2 is 2.04 bits per heavy atom. The number of primary amides is 1. The van der Waals surface area contributed by atoms with Gasteiger partial charge in [0.1, 0.15) is 11.5 Å². The number of fused-ring (bicyclic) bond motifs is 1. The molecule has 1 aliphatic rings. The number of aliphatic hydroxyl groups is 1. The highest BCUT2D eigenvalue weighted by atomic mass is 19.1. The van der Waals surface area contributed by atoms with Crippen LogP contribution >= 0.6 is 0 Å². The van der Waals surface area contributed by atoms with Gasteiger partial charge in [-0.25, -0.2) is 4.39 Å². The quantitative estimate of drug-likeness (QED) is 0.879. The van der Waals surface area contributed by atoms with Crippen molar-refractivity contribution in [3.8, 4) is 0 Å². The Morgan fingerprint density at radius 1 is 1.33 bits per heavy atom. The van der Waals surface area contributed by atoms with E-state index >= 15 is 0 Å². The van der Waals surface area contributed by atoms with Gasteiger partial charge < -0.3 is 20.3 Å². The molecule has 1 fully saturated rings. The van der Waals surface area contributed by atoms with Gasteiger partial charge in [0.25, 0.3) is 5.91 Å². The Morgan fingerprint density at radius 3 is 2.67 bits per heavy atom. The zero-order valence-electron chi connectivity index (χ0n) is 13.6. The number of carbonyl (C=O) groups excluding carboxylic acids is 2. The number of aromatic nitrogens is 1. The molecule has 6 nitrogen and oxygen atoms in total. The van der Waals surface area contributed by atoms with Gasteiger partial charge >= 0.3 is 0 Å². The van der Waals surface area contributed by atoms with Gasteiger partial charge in [0, 0.05) is 25.0 Å². The summed E-state index contributed by atoms with van der Waals surface area (Å²) in [4.78, 5) is 25.6. The van der Waals surface area contributed by atoms with Crippen LogP contribution in [0.5, 0.6) is 0 Å². The van der Waals surface area contributed by atoms with Gasteiger partial charge in [-0.2, -0.15) is 0 Å². The second-order valence-electron chi connectivity index (χ2n) is 6.35. The highest BCUT2D eigenvalue weighted by molar-refractivity contribution is 5.98. The zero-order chi connectivity index (χ0) is 17.6. The van der Waals surface area contributed by atoms with Gasteiger partial charge in [0.15, 0.2) is 0 Å². The van der Waals surface area contributed by atoms with Crippen LogP contribution in [0, 0.1) is 11.7 Å². The van der Waals surface area contributed by atoms with Gasteiger partial charge in [0.2, 0.25) is 5.91 Å². The summed E-state index contributed by atoms with van der Waals surface area (Å²) in [5.74, 6) is -1.84. The average Bonchev–Trinajstić information content (AvgIpc) is 3.06. The van der Waals surface area contributed by atoms with Crippen molar-refractivity contribution in [2.45, 2.75) is 25.0 Å². The third-order valence-electron chi connectivity index (χ3n) is 4.99. The summed E-state index contributed by atoms with van der Waals surface area (Å²) in [6, 6.07) is 5.50. The summed E-state index contributed by atoms with van der Waals surface area (Å²) in [5.41, 5.74) is 6.43. The summed E-state index contributed by atoms with van der Waals surface area (Å²) in [6.45, 7) is 0. The third-order valence-corrected chi connectivity index (χ3v) is 4.99. The molecular formula is C17H20FN3O3. The van der Waals surface area contributed by atoms with E-state index in [1.54, 1.807) is 30.8 Å². The lowest BCUT2D eigenvalue weighted by Gasteiger charge is -2.28. The molecule has 0 unspecified atom stereocenters. The van der Waals surface area contributed by atoms with E-state index in [2.05, 4.69) is 0 Å². The lowest BCUT2D eigenvalue weighted by molar-refractivity contribution is -0.124. The molecule has 1 aromatic heterocycles. The number of amides is 2. The minimum Gasteiger partial charge on any atom is -0.390 e. The van der Waals surface area contributed by atoms with E-state index in [-0.39, 0.29) is 11.7 Å². The van der Waals surface area contributed by atoms with E-state index in [1.807, 2.05) is 0 Å². The molecule has 0 radical (unpaired) electrons. The molecule has 3 N–H and O–H groups in total. The maximum absolute atomic E-state index is 13.4. The molecular weight excluding hydrogens is 313 g/mol. The maximum Gasteiger partial charge on any atom is 0.270 e. The minimum absolute atomic E-state index is 0.289. The predicted octanol–water partition coefficient (Wildman–Crippen LogP) is 1.01. The largest absolute Gasteiger partial charge is 0.390 e. The first-order valence-electron chi connectivity index (χ1n) is 7.80. The van der Waals surface area contributed by atoms with Gasteiger partial charge in [-0.05, 0) is 37.1 Å². The van der Waals surface area contributed by atoms with E-state index in [9.17, 15) is 19.1 Å². The van der Waals surface area contributed by atoms with Crippen LogP contribution in [0.3, 0.4) is 0 Å². The van der Waals surface area contributed by atoms with E-state index < -0.39 is 24.0 Å². The van der Waals surface area contributed by atoms with E-state index in [0.29, 0.717) is 23.9 Å². The Bertz CT molecular complexity index is 817. The summed E-state index contributed by atoms with van der Waals surface area (Å²) < 4.78 is 15.1. The maximum atomic E-state index is 13.4. The molecule has 1 saturated carbocycles. The fraction of sp³-hybridized carbons (Fsp3) is 0.412. The van der Waals surface area contributed by atoms with Crippen LogP contribution in [0.4, 0.5) is 4.39 Å². The Labute approximate surface area is 138 Å². The lowest BCUT2D eigenvalue weighted by Crippen LogP contribution is -2.45. The molecule has 1 aliphatic carbocycles. The molecule has 1 aromatic carbocycles. The number of aryl methyl sites for hydroxylation is 1. The fourth-order valence-electron chi connectivity index (χ4n) is 3.55. The normalized spacial score (nSPS) is 23.6. The second-order valence-corrected chi connectivity index (χ2v) is 6.35. The van der Waals surface area contributed by atoms with Crippen LogP contribution < -0.4 is 5.73 Å². The number of benzene rings is 1. The first-order chi connectivity index (χ1) is 11.3. The Kier molecular flexibility index (Phi) is 4.04. The molecule has 0 aliphatic heterocycles. The standard InChI is InChI=1S/C17H20FN3O3/c1-20-12-5-3-10(18)7-9(12)8-14(20)17(24)21(2)13-6-4-11(15(13)22)16(19)23/h3,5,7-8,11,13,15,22H,4,6H2,1-2H3,(H2,19,23)/t11-,13-,15+/m1/s1. The van der Waals surface area contributed by atoms with Crippen LogP contribution in [0.1, 0.15) is 23.3 Å². The van der Waals surface area contributed by atoms with Crippen molar-refractivity contribution in [3.05, 3.63) is 35.8 Å². The molecule has 1 heterocycles. The first-order valence-corrected chi connectivity index (χ1v) is 7.80. The number of hydrogen-bond donors (Lipinski definition) is 2. The number of likely N-dealkylation sites (N-methyl/N-ethyl adjacent to an activating group) is 1. The third kappa shape index (κ3) is 2.54. The summed E-state index contributed by atoms with van der Waals surface area (Å²) in [6.07, 6.45) is -0.00195. The molecule has 2 aromatic rings. The molecule has 3 rings (SSSR count). The van der Waals surface area contributed by atoms with E-state index in [0.717, 1.165) is 5.52 Å². The zero-order valence-corrected chi connectivity index (χ0v) is 13.6. The van der Waals surface area contributed by atoms with Crippen LogP contribution in [-0.2, 0) is 11.8 Å². The van der Waals surface area contributed by atoms with Crippen molar-refractivity contribution >= 4 is 22.7 Å². The fourth-order valence-corrected chi connectivity index (χ4v) is 3.55. The van der Waals surface area contributed by atoms with Crippen LogP contribution in [0.25, 0.3) is 10.9 Å². The smallest absolute Gasteiger partial charge is 0.270 e. The molecule has 7 heteroatoms. The Hall–Kier alpha value is -2.41.